The van der Waals surface area contributed by atoms with E-state index in [-0.39, 0.29) is 0 Å². The Labute approximate surface area is 611 Å². The van der Waals surface area contributed by atoms with E-state index in [1.807, 2.05) is 159 Å². The standard InChI is InChI=1S/5C6H6I2N4S4/c5*1-3-9-11-5(13-3)15-8(7)16-6-12-10-4(2)14-6/h5*1-2H3. The molecule has 0 saturated carbocycles. The normalized spacial score (nSPS) is 11.8. The third-order valence-electron chi connectivity index (χ3n) is 6.34. The zero-order valence-corrected chi connectivity index (χ0v) is 78.8. The topological polar surface area (TPSA) is 258 Å². The van der Waals surface area contributed by atoms with Crippen LogP contribution in [-0.4, -0.2) is 102 Å². The Balaban J connectivity index is 0.000000161. The van der Waals surface area contributed by atoms with Crippen LogP contribution in [-0.2, 0) is 0 Å². The van der Waals surface area contributed by atoms with Gasteiger partial charge in [-0.1, -0.05) is 0 Å². The van der Waals surface area contributed by atoms with Gasteiger partial charge in [0.25, 0.3) is 0 Å². The molecule has 0 saturated heterocycles. The second kappa shape index (κ2) is 41.3. The monoisotopic (exact) mass is 2580 g/mol. The molecule has 0 aliphatic rings. The van der Waals surface area contributed by atoms with Crippen molar-refractivity contribution in [1.82, 2.24) is 102 Å². The summed E-state index contributed by atoms with van der Waals surface area (Å²) < 4.78 is 10.7. The molecule has 20 nitrogen and oxygen atoms in total. The second-order valence-electron chi connectivity index (χ2n) is 12.5. The number of nitrogens with zero attached hydrogens (tertiary/aromatic N) is 20. The van der Waals surface area contributed by atoms with Crippen LogP contribution in [0.4, 0.5) is 0 Å². The molecule has 10 aromatic heterocycles. The number of rotatable bonds is 20. The van der Waals surface area contributed by atoms with E-state index < -0.39 is 65.4 Å². The van der Waals surface area contributed by atoms with Gasteiger partial charge in [-0.15, -0.1) is 0 Å². The number of hydrogen-bond donors (Lipinski definition) is 0. The average Bonchev–Trinajstić information content (AvgIpc) is 4.22. The first kappa shape index (κ1) is 75.4. The molecule has 10 rings (SSSR count). The molecule has 10 aromatic rings. The maximum absolute atomic E-state index is 4.12. The first-order valence-electron chi connectivity index (χ1n) is 19.9. The molecule has 0 spiro atoms. The first-order chi connectivity index (χ1) is 38.2. The van der Waals surface area contributed by atoms with Crippen LogP contribution in [0.5, 0.6) is 0 Å². The molecule has 0 aliphatic carbocycles. The summed E-state index contributed by atoms with van der Waals surface area (Å²) in [5.41, 5.74) is 0. The van der Waals surface area contributed by atoms with Crippen LogP contribution < -0.4 is 0 Å². The molecule has 0 aromatic carbocycles. The van der Waals surface area contributed by atoms with Crippen molar-refractivity contribution in [2.45, 2.75) is 113 Å². The third kappa shape index (κ3) is 31.6. The molecule has 0 unspecified atom stereocenters. The van der Waals surface area contributed by atoms with Crippen molar-refractivity contribution in [3.8, 4) is 0 Å². The van der Waals surface area contributed by atoms with Gasteiger partial charge in [0.1, 0.15) is 0 Å². The van der Waals surface area contributed by atoms with Crippen LogP contribution in [0.1, 0.15) is 50.1 Å². The summed E-state index contributed by atoms with van der Waals surface area (Å²) in [4.78, 5) is 0. The molecule has 0 N–H and O–H groups in total. The molecular formula is C30H30I10N20S20. The molecular weight excluding hydrogens is 2550 g/mol. The van der Waals surface area contributed by atoms with Gasteiger partial charge in [-0.05, 0) is 0 Å². The third-order valence-corrected chi connectivity index (χ3v) is 99.1. The van der Waals surface area contributed by atoms with Gasteiger partial charge in [0, 0.05) is 0 Å². The Morgan fingerprint density at radius 2 is 0.275 bits per heavy atom. The van der Waals surface area contributed by atoms with Crippen LogP contribution >= 0.6 is 361 Å². The van der Waals surface area contributed by atoms with Crippen molar-refractivity contribution in [2.24, 2.45) is 0 Å². The van der Waals surface area contributed by atoms with Crippen molar-refractivity contribution < 1.29 is 0 Å². The average molecular weight is 2580 g/mol. The van der Waals surface area contributed by atoms with Crippen molar-refractivity contribution in [3.05, 3.63) is 50.1 Å². The van der Waals surface area contributed by atoms with Crippen molar-refractivity contribution in [2.75, 3.05) is 0 Å². The van der Waals surface area contributed by atoms with Crippen LogP contribution in [0.25, 0.3) is 0 Å². The number of aromatic nitrogens is 20. The number of hydrogen-bond acceptors (Lipinski definition) is 40. The molecule has 10 heterocycles. The van der Waals surface area contributed by atoms with Crippen LogP contribution in [0.15, 0.2) is 43.4 Å². The van der Waals surface area contributed by atoms with E-state index in [1.54, 1.807) is 113 Å². The minimum absolute atomic E-state index is 1.03. The molecule has 0 amide bonds. The first-order valence-corrected chi connectivity index (χ1v) is 93.0. The summed E-state index contributed by atoms with van der Waals surface area (Å²) in [6, 6.07) is 0. The van der Waals surface area contributed by atoms with Crippen molar-refractivity contribution in [1.29, 1.82) is 0 Å². The molecule has 0 atom stereocenters. The van der Waals surface area contributed by atoms with Crippen molar-refractivity contribution in [3.63, 3.8) is 0 Å². The minimum atomic E-state index is -1.18. The van der Waals surface area contributed by atoms with Crippen molar-refractivity contribution >= 4 is 361 Å². The van der Waals surface area contributed by atoms with E-state index in [0.717, 1.165) is 93.5 Å². The summed E-state index contributed by atoms with van der Waals surface area (Å²) in [6.07, 6.45) is 0. The van der Waals surface area contributed by atoms with Crippen LogP contribution in [0.2, 0.25) is 0 Å². The van der Waals surface area contributed by atoms with E-state index in [0.29, 0.717) is 0 Å². The summed E-state index contributed by atoms with van der Waals surface area (Å²) in [6.45, 7) is 19.8. The molecule has 0 fully saturated rings. The van der Waals surface area contributed by atoms with Gasteiger partial charge in [0.05, 0.1) is 0 Å². The quantitative estimate of drug-likeness (QED) is 0.0642. The SMILES string of the molecule is Cc1nnc(SI(I)Sc2nnc(C)s2)s1.Cc1nnc(SI(I)Sc2nnc(C)s2)s1.Cc1nnc(SI(I)Sc2nnc(C)s2)s1.Cc1nnc(SI(I)Sc2nnc(C)s2)s1.Cc1nnc(SI(I)Sc2nnc(C)s2)s1. The fraction of sp³-hybridized carbons (Fsp3) is 0.333. The Morgan fingerprint density at radius 1 is 0.188 bits per heavy atom. The van der Waals surface area contributed by atoms with Gasteiger partial charge < -0.3 is 0 Å². The van der Waals surface area contributed by atoms with E-state index in [1.165, 1.54) is 0 Å². The van der Waals surface area contributed by atoms with Gasteiger partial charge in [-0.2, -0.15) is 0 Å². The zero-order chi connectivity index (χ0) is 57.7. The maximum atomic E-state index is 4.12. The molecule has 0 radical (unpaired) electrons. The van der Waals surface area contributed by atoms with Gasteiger partial charge in [-0.3, -0.25) is 0 Å². The van der Waals surface area contributed by atoms with E-state index in [2.05, 4.69) is 195 Å². The molecule has 80 heavy (non-hydrogen) atoms. The Hall–Kier alpha value is 6.40. The molecule has 0 aliphatic heterocycles. The summed E-state index contributed by atoms with van der Waals surface area (Å²) in [7, 11) is 18.6. The van der Waals surface area contributed by atoms with E-state index >= 15 is 0 Å². The molecule has 50 heteroatoms. The second-order valence-corrected chi connectivity index (χ2v) is 142. The summed E-state index contributed by atoms with van der Waals surface area (Å²) in [5, 5.41) is 91.7. The Bertz CT molecular complexity index is 2650. The Kier molecular flexibility index (Phi) is 38.9. The zero-order valence-electron chi connectivity index (χ0n) is 40.9. The fourth-order valence-corrected chi connectivity index (χ4v) is 126. The molecule has 0 bridgehead atoms. The van der Waals surface area contributed by atoms with Crippen LogP contribution in [0, 0.1) is 69.2 Å². The summed E-state index contributed by atoms with van der Waals surface area (Å²) in [5.74, 6) is 0. The predicted molar refractivity (Wildman–Crippen MR) is 445 cm³/mol. The number of halogens is 10. The Morgan fingerprint density at radius 3 is 0.338 bits per heavy atom. The van der Waals surface area contributed by atoms with E-state index in [9.17, 15) is 0 Å². The predicted octanol–water partition coefficient (Wildman–Crippen LogP) is 22.9. The van der Waals surface area contributed by atoms with Crippen LogP contribution in [0.3, 0.4) is 0 Å². The fourth-order valence-electron chi connectivity index (χ4n) is 3.69. The van der Waals surface area contributed by atoms with Gasteiger partial charge in [-0.25, -0.2) is 0 Å². The number of aryl methyl sites for hydroxylation is 10. The van der Waals surface area contributed by atoms with E-state index in [4.69, 9.17) is 0 Å². The van der Waals surface area contributed by atoms with Gasteiger partial charge in [0.2, 0.25) is 0 Å². The van der Waals surface area contributed by atoms with Gasteiger partial charge in [0.15, 0.2) is 0 Å². The summed E-state index contributed by atoms with van der Waals surface area (Å²) >= 11 is 23.3. The van der Waals surface area contributed by atoms with Gasteiger partial charge >= 0.3 is 626 Å². The molecule has 440 valence electrons.